The first-order valence-corrected chi connectivity index (χ1v) is 11.5. The summed E-state index contributed by atoms with van der Waals surface area (Å²) in [5.74, 6) is -0.313. The number of para-hydroxylation sites is 1. The summed E-state index contributed by atoms with van der Waals surface area (Å²) in [6.45, 7) is 4.63. The molecule has 7 nitrogen and oxygen atoms in total. The zero-order chi connectivity index (χ0) is 24.9. The molecule has 1 N–H and O–H groups in total. The Hall–Kier alpha value is -4.13. The molecule has 1 unspecified atom stereocenters. The number of ketones is 1. The molecule has 0 bridgehead atoms. The largest absolute Gasteiger partial charge is 0.507 e. The van der Waals surface area contributed by atoms with Crippen molar-refractivity contribution < 1.29 is 24.2 Å². The van der Waals surface area contributed by atoms with E-state index in [0.29, 0.717) is 29.2 Å². The van der Waals surface area contributed by atoms with Crippen LogP contribution in [0, 0.1) is 6.92 Å². The van der Waals surface area contributed by atoms with Crippen molar-refractivity contribution in [2.75, 3.05) is 13.7 Å². The number of carbonyl (C=O) groups is 2. The first-order valence-electron chi connectivity index (χ1n) is 11.5. The molecule has 1 atom stereocenters. The fourth-order valence-electron chi connectivity index (χ4n) is 4.28. The van der Waals surface area contributed by atoms with Gasteiger partial charge < -0.3 is 19.5 Å². The lowest BCUT2D eigenvalue weighted by atomic mass is 9.95. The van der Waals surface area contributed by atoms with Gasteiger partial charge in [-0.25, -0.2) is 0 Å². The molecule has 35 heavy (non-hydrogen) atoms. The number of aliphatic hydroxyl groups excluding tert-OH is 1. The van der Waals surface area contributed by atoms with Gasteiger partial charge in [-0.1, -0.05) is 25.1 Å². The highest BCUT2D eigenvalue weighted by Gasteiger charge is 2.46. The molecule has 1 fully saturated rings. The van der Waals surface area contributed by atoms with Crippen LogP contribution >= 0.6 is 0 Å². The summed E-state index contributed by atoms with van der Waals surface area (Å²) in [7, 11) is 1.56. The third-order valence-electron chi connectivity index (χ3n) is 6.01. The van der Waals surface area contributed by atoms with Crippen LogP contribution in [-0.2, 0) is 16.1 Å². The average molecular weight is 473 g/mol. The molecule has 7 heteroatoms. The van der Waals surface area contributed by atoms with E-state index in [9.17, 15) is 14.7 Å². The Bertz CT molecular complexity index is 1270. The number of likely N-dealkylation sites (tertiary alicyclic amines) is 1. The summed E-state index contributed by atoms with van der Waals surface area (Å²) in [6, 6.07) is 15.3. The van der Waals surface area contributed by atoms with E-state index in [4.69, 9.17) is 9.47 Å². The number of carbonyl (C=O) groups excluding carboxylic acids is 2. The number of hydrogen-bond acceptors (Lipinski definition) is 6. The van der Waals surface area contributed by atoms with E-state index in [1.165, 1.54) is 4.90 Å². The maximum absolute atomic E-state index is 13.3. The lowest BCUT2D eigenvalue weighted by Gasteiger charge is -2.26. The zero-order valence-electron chi connectivity index (χ0n) is 20.0. The average Bonchev–Trinajstić information content (AvgIpc) is 3.13. The van der Waals surface area contributed by atoms with Gasteiger partial charge in [-0.05, 0) is 60.9 Å². The van der Waals surface area contributed by atoms with Crippen LogP contribution in [-0.4, -0.2) is 40.4 Å². The van der Waals surface area contributed by atoms with Crippen LogP contribution in [0.15, 0.2) is 72.6 Å². The molecular formula is C28H28N2O5. The van der Waals surface area contributed by atoms with Gasteiger partial charge in [0.15, 0.2) is 0 Å². The summed E-state index contributed by atoms with van der Waals surface area (Å²) in [5, 5.41) is 11.3. The molecule has 0 saturated carbocycles. The Morgan fingerprint density at radius 3 is 2.49 bits per heavy atom. The van der Waals surface area contributed by atoms with Crippen LogP contribution < -0.4 is 9.47 Å². The molecule has 180 valence electrons. The van der Waals surface area contributed by atoms with E-state index in [-0.39, 0.29) is 17.9 Å². The van der Waals surface area contributed by atoms with Crippen LogP contribution in [0.3, 0.4) is 0 Å². The minimum Gasteiger partial charge on any atom is -0.507 e. The number of Topliss-reactive ketones (excluding diaryl/α,β-unsaturated/α-hetero) is 1. The van der Waals surface area contributed by atoms with Gasteiger partial charge in [-0.2, -0.15) is 0 Å². The number of methoxy groups -OCH3 is 1. The molecule has 2 aromatic carbocycles. The van der Waals surface area contributed by atoms with Crippen molar-refractivity contribution in [3.8, 4) is 11.5 Å². The molecule has 1 amide bonds. The maximum atomic E-state index is 13.3. The summed E-state index contributed by atoms with van der Waals surface area (Å²) in [5.41, 5.74) is 2.74. The molecule has 1 aliphatic rings. The summed E-state index contributed by atoms with van der Waals surface area (Å²) < 4.78 is 11.2. The standard InChI is InChI=1S/C28H28N2O5/c1-4-15-35-22-10-9-20(16-18(22)2)26(31)24-25(19-11-13-29-14-12-19)30(28(33)27(24)32)17-21-7-5-6-8-23(21)34-3/h5-14,16,25,31H,4,15,17H2,1-3H3/b26-24-. The van der Waals surface area contributed by atoms with Crippen LogP contribution in [0.25, 0.3) is 5.76 Å². The number of rotatable bonds is 8. The summed E-state index contributed by atoms with van der Waals surface area (Å²) in [6.07, 6.45) is 4.08. The summed E-state index contributed by atoms with van der Waals surface area (Å²) >= 11 is 0. The van der Waals surface area contributed by atoms with Crippen molar-refractivity contribution in [3.63, 3.8) is 0 Å². The van der Waals surface area contributed by atoms with Crippen molar-refractivity contribution in [3.05, 3.63) is 94.8 Å². The predicted molar refractivity (Wildman–Crippen MR) is 132 cm³/mol. The number of aliphatic hydroxyl groups is 1. The van der Waals surface area contributed by atoms with Gasteiger partial charge in [0, 0.05) is 23.5 Å². The first-order chi connectivity index (χ1) is 17.0. The lowest BCUT2D eigenvalue weighted by molar-refractivity contribution is -0.140. The Labute approximate surface area is 204 Å². The van der Waals surface area contributed by atoms with Crippen molar-refractivity contribution in [2.24, 2.45) is 0 Å². The van der Waals surface area contributed by atoms with Gasteiger partial charge in [-0.3, -0.25) is 14.6 Å². The fourth-order valence-corrected chi connectivity index (χ4v) is 4.28. The molecule has 1 aromatic heterocycles. The normalized spacial score (nSPS) is 17.0. The van der Waals surface area contributed by atoms with Crippen LogP contribution in [0.1, 0.15) is 41.6 Å². The Morgan fingerprint density at radius 2 is 1.80 bits per heavy atom. The zero-order valence-corrected chi connectivity index (χ0v) is 20.0. The molecule has 3 aromatic rings. The Morgan fingerprint density at radius 1 is 1.06 bits per heavy atom. The first kappa shape index (κ1) is 24.0. The molecule has 1 saturated heterocycles. The fraction of sp³-hybridized carbons (Fsp3) is 0.250. The molecule has 1 aliphatic heterocycles. The second-order valence-electron chi connectivity index (χ2n) is 8.35. The van der Waals surface area contributed by atoms with Gasteiger partial charge in [0.2, 0.25) is 0 Å². The molecular weight excluding hydrogens is 444 g/mol. The van der Waals surface area contributed by atoms with Gasteiger partial charge in [0.05, 0.1) is 31.9 Å². The van der Waals surface area contributed by atoms with Gasteiger partial charge in [-0.15, -0.1) is 0 Å². The number of aromatic nitrogens is 1. The van der Waals surface area contributed by atoms with Crippen molar-refractivity contribution >= 4 is 17.4 Å². The second-order valence-corrected chi connectivity index (χ2v) is 8.35. The maximum Gasteiger partial charge on any atom is 0.295 e. The third kappa shape index (κ3) is 4.75. The monoisotopic (exact) mass is 472 g/mol. The number of hydrogen-bond donors (Lipinski definition) is 1. The molecule has 0 aliphatic carbocycles. The van der Waals surface area contributed by atoms with Crippen molar-refractivity contribution in [1.82, 2.24) is 9.88 Å². The number of aryl methyl sites for hydroxylation is 1. The van der Waals surface area contributed by atoms with Crippen LogP contribution in [0.2, 0.25) is 0 Å². The quantitative estimate of drug-likeness (QED) is 0.288. The summed E-state index contributed by atoms with van der Waals surface area (Å²) in [4.78, 5) is 32.0. The van der Waals surface area contributed by atoms with Gasteiger partial charge in [0.25, 0.3) is 11.7 Å². The topological polar surface area (TPSA) is 89.0 Å². The molecule has 0 radical (unpaired) electrons. The lowest BCUT2D eigenvalue weighted by Crippen LogP contribution is -2.29. The molecule has 0 spiro atoms. The number of benzene rings is 2. The van der Waals surface area contributed by atoms with E-state index >= 15 is 0 Å². The molecule has 4 rings (SSSR count). The number of pyridine rings is 1. The van der Waals surface area contributed by atoms with E-state index in [0.717, 1.165) is 17.5 Å². The smallest absolute Gasteiger partial charge is 0.295 e. The van der Waals surface area contributed by atoms with Gasteiger partial charge >= 0.3 is 0 Å². The van der Waals surface area contributed by atoms with E-state index in [1.54, 1.807) is 55.9 Å². The minimum atomic E-state index is -0.778. The second kappa shape index (κ2) is 10.4. The third-order valence-corrected chi connectivity index (χ3v) is 6.01. The predicted octanol–water partition coefficient (Wildman–Crippen LogP) is 4.81. The minimum absolute atomic E-state index is 0.0396. The van der Waals surface area contributed by atoms with Crippen LogP contribution in [0.5, 0.6) is 11.5 Å². The highest BCUT2D eigenvalue weighted by molar-refractivity contribution is 6.46. The van der Waals surface area contributed by atoms with E-state index < -0.39 is 17.7 Å². The SMILES string of the molecule is CCCOc1ccc(/C(O)=C2/C(=O)C(=O)N(Cc3ccccc3OC)C2c2ccncc2)cc1C. The Kier molecular flexibility index (Phi) is 7.15. The Balaban J connectivity index is 1.81. The highest BCUT2D eigenvalue weighted by atomic mass is 16.5. The number of amides is 1. The number of nitrogens with zero attached hydrogens (tertiary/aromatic N) is 2. The van der Waals surface area contributed by atoms with Crippen LogP contribution in [0.4, 0.5) is 0 Å². The molecule has 2 heterocycles. The van der Waals surface area contributed by atoms with Crippen molar-refractivity contribution in [2.45, 2.75) is 32.9 Å². The van der Waals surface area contributed by atoms with E-state index in [1.807, 2.05) is 32.0 Å². The van der Waals surface area contributed by atoms with Gasteiger partial charge in [0.1, 0.15) is 17.3 Å². The van der Waals surface area contributed by atoms with E-state index in [2.05, 4.69) is 4.98 Å². The van der Waals surface area contributed by atoms with Crippen molar-refractivity contribution in [1.29, 1.82) is 0 Å². The number of ether oxygens (including phenoxy) is 2. The highest BCUT2D eigenvalue weighted by Crippen LogP contribution is 2.41.